The van der Waals surface area contributed by atoms with Gasteiger partial charge >= 0.3 is 0 Å². The standard InChI is InChI=1S/C16H14BrClN4O/c17-10-1-2-12-11(9-10)16(15(23)19-12)5-7-22(8-6-16)14-4-3-13(18)20-21-14/h1-4,9H,5-8H2,(H,19,23). The third-order valence-corrected chi connectivity index (χ3v) is 5.43. The largest absolute Gasteiger partial charge is 0.355 e. The molecule has 0 bridgehead atoms. The normalized spacial score (nSPS) is 18.9. The van der Waals surface area contributed by atoms with Gasteiger partial charge in [-0.3, -0.25) is 4.79 Å². The van der Waals surface area contributed by atoms with Gasteiger partial charge in [-0.25, -0.2) is 0 Å². The average molecular weight is 394 g/mol. The molecule has 2 aliphatic heterocycles. The number of anilines is 2. The first-order chi connectivity index (χ1) is 11.1. The van der Waals surface area contributed by atoms with Crippen LogP contribution in [-0.2, 0) is 10.2 Å². The maximum Gasteiger partial charge on any atom is 0.235 e. The van der Waals surface area contributed by atoms with Gasteiger partial charge in [0.15, 0.2) is 11.0 Å². The lowest BCUT2D eigenvalue weighted by molar-refractivity contribution is -0.121. The number of aromatic nitrogens is 2. The molecule has 5 nitrogen and oxygen atoms in total. The third kappa shape index (κ3) is 2.40. The summed E-state index contributed by atoms with van der Waals surface area (Å²) in [7, 11) is 0. The number of carbonyl (C=O) groups is 1. The van der Waals surface area contributed by atoms with Gasteiger partial charge in [-0.1, -0.05) is 27.5 Å². The molecule has 2 aromatic rings. The van der Waals surface area contributed by atoms with E-state index < -0.39 is 5.41 Å². The Morgan fingerprint density at radius 1 is 1.17 bits per heavy atom. The molecule has 1 saturated heterocycles. The van der Waals surface area contributed by atoms with Crippen LogP contribution in [0.1, 0.15) is 18.4 Å². The average Bonchev–Trinajstić information content (AvgIpc) is 2.81. The molecular formula is C16H14BrClN4O. The second-order valence-corrected chi connectivity index (χ2v) is 7.23. The molecule has 118 valence electrons. The molecule has 0 atom stereocenters. The van der Waals surface area contributed by atoms with Crippen molar-refractivity contribution in [2.45, 2.75) is 18.3 Å². The quantitative estimate of drug-likeness (QED) is 0.807. The Hall–Kier alpha value is -1.66. The van der Waals surface area contributed by atoms with Crippen LogP contribution in [0.3, 0.4) is 0 Å². The zero-order valence-electron chi connectivity index (χ0n) is 12.2. The number of hydrogen-bond acceptors (Lipinski definition) is 4. The van der Waals surface area contributed by atoms with Crippen LogP contribution in [-0.4, -0.2) is 29.2 Å². The van der Waals surface area contributed by atoms with E-state index in [-0.39, 0.29) is 5.91 Å². The van der Waals surface area contributed by atoms with Crippen LogP contribution >= 0.6 is 27.5 Å². The van der Waals surface area contributed by atoms with E-state index in [1.165, 1.54) is 0 Å². The Balaban J connectivity index is 1.61. The van der Waals surface area contributed by atoms with E-state index in [9.17, 15) is 4.79 Å². The van der Waals surface area contributed by atoms with Gasteiger partial charge in [-0.05, 0) is 48.7 Å². The van der Waals surface area contributed by atoms with E-state index in [1.54, 1.807) is 6.07 Å². The topological polar surface area (TPSA) is 58.1 Å². The van der Waals surface area contributed by atoms with Crippen molar-refractivity contribution in [1.29, 1.82) is 0 Å². The minimum absolute atomic E-state index is 0.104. The molecule has 4 rings (SSSR count). The van der Waals surface area contributed by atoms with Crippen molar-refractivity contribution in [2.75, 3.05) is 23.3 Å². The van der Waals surface area contributed by atoms with Crippen molar-refractivity contribution in [3.05, 3.63) is 45.5 Å². The zero-order valence-corrected chi connectivity index (χ0v) is 14.6. The van der Waals surface area contributed by atoms with Crippen molar-refractivity contribution < 1.29 is 4.79 Å². The van der Waals surface area contributed by atoms with Gasteiger partial charge in [0.2, 0.25) is 5.91 Å². The fourth-order valence-corrected chi connectivity index (χ4v) is 3.94. The van der Waals surface area contributed by atoms with Crippen LogP contribution in [0, 0.1) is 0 Å². The number of nitrogens with one attached hydrogen (secondary N) is 1. The Bertz CT molecular complexity index is 772. The highest BCUT2D eigenvalue weighted by Gasteiger charge is 2.48. The Labute approximate surface area is 147 Å². The molecule has 1 fully saturated rings. The lowest BCUT2D eigenvalue weighted by Gasteiger charge is -2.38. The number of nitrogens with zero attached hydrogens (tertiary/aromatic N) is 3. The van der Waals surface area contributed by atoms with Crippen molar-refractivity contribution in [1.82, 2.24) is 10.2 Å². The fourth-order valence-electron chi connectivity index (χ4n) is 3.48. The van der Waals surface area contributed by atoms with Crippen LogP contribution in [0.5, 0.6) is 0 Å². The molecule has 3 heterocycles. The summed E-state index contributed by atoms with van der Waals surface area (Å²) in [6.45, 7) is 1.52. The zero-order chi connectivity index (χ0) is 16.0. The number of amides is 1. The molecular weight excluding hydrogens is 380 g/mol. The number of hydrogen-bond donors (Lipinski definition) is 1. The summed E-state index contributed by atoms with van der Waals surface area (Å²) in [5.41, 5.74) is 1.59. The molecule has 0 radical (unpaired) electrons. The SMILES string of the molecule is O=C1Nc2ccc(Br)cc2C12CCN(c1ccc(Cl)nn1)CC2. The maximum atomic E-state index is 12.6. The number of halogens is 2. The van der Waals surface area contributed by atoms with Gasteiger partial charge < -0.3 is 10.2 Å². The number of rotatable bonds is 1. The predicted octanol–water partition coefficient (Wildman–Crippen LogP) is 3.38. The van der Waals surface area contributed by atoms with Crippen molar-refractivity contribution in [3.63, 3.8) is 0 Å². The van der Waals surface area contributed by atoms with E-state index in [2.05, 4.69) is 42.4 Å². The smallest absolute Gasteiger partial charge is 0.235 e. The van der Waals surface area contributed by atoms with E-state index in [0.29, 0.717) is 5.15 Å². The van der Waals surface area contributed by atoms with Gasteiger partial charge in [-0.15, -0.1) is 10.2 Å². The molecule has 2 aliphatic rings. The lowest BCUT2D eigenvalue weighted by Crippen LogP contribution is -2.46. The lowest BCUT2D eigenvalue weighted by atomic mass is 9.73. The van der Waals surface area contributed by atoms with Crippen LogP contribution in [0.15, 0.2) is 34.8 Å². The Morgan fingerprint density at radius 2 is 1.96 bits per heavy atom. The van der Waals surface area contributed by atoms with Crippen molar-refractivity contribution in [3.8, 4) is 0 Å². The summed E-state index contributed by atoms with van der Waals surface area (Å²) in [6, 6.07) is 9.58. The summed E-state index contributed by atoms with van der Waals surface area (Å²) < 4.78 is 0.998. The highest BCUT2D eigenvalue weighted by atomic mass is 79.9. The van der Waals surface area contributed by atoms with Gasteiger partial charge in [0, 0.05) is 23.2 Å². The summed E-state index contributed by atoms with van der Waals surface area (Å²) in [4.78, 5) is 14.8. The van der Waals surface area contributed by atoms with E-state index in [1.807, 2.05) is 18.2 Å². The summed E-state index contributed by atoms with van der Waals surface area (Å²) in [5, 5.41) is 11.4. The van der Waals surface area contributed by atoms with E-state index in [0.717, 1.165) is 47.5 Å². The van der Waals surface area contributed by atoms with Gasteiger partial charge in [0.25, 0.3) is 0 Å². The summed E-state index contributed by atoms with van der Waals surface area (Å²) in [6.07, 6.45) is 1.51. The van der Waals surface area contributed by atoms with Gasteiger partial charge in [-0.2, -0.15) is 0 Å². The van der Waals surface area contributed by atoms with E-state index in [4.69, 9.17) is 11.6 Å². The predicted molar refractivity (Wildman–Crippen MR) is 92.9 cm³/mol. The summed E-state index contributed by atoms with van der Waals surface area (Å²) in [5.74, 6) is 0.907. The highest BCUT2D eigenvalue weighted by molar-refractivity contribution is 9.10. The Kier molecular flexibility index (Phi) is 3.54. The first-order valence-corrected chi connectivity index (χ1v) is 8.61. The first kappa shape index (κ1) is 14.9. The van der Waals surface area contributed by atoms with E-state index >= 15 is 0 Å². The molecule has 1 spiro atoms. The van der Waals surface area contributed by atoms with Crippen LogP contribution in [0.2, 0.25) is 5.15 Å². The molecule has 0 saturated carbocycles. The molecule has 23 heavy (non-hydrogen) atoms. The fraction of sp³-hybridized carbons (Fsp3) is 0.312. The molecule has 1 amide bonds. The number of benzene rings is 1. The number of carbonyl (C=O) groups excluding carboxylic acids is 1. The molecule has 1 aromatic heterocycles. The molecule has 1 N–H and O–H groups in total. The molecule has 0 unspecified atom stereocenters. The second-order valence-electron chi connectivity index (χ2n) is 5.93. The minimum Gasteiger partial charge on any atom is -0.355 e. The molecule has 7 heteroatoms. The minimum atomic E-state index is -0.435. The summed E-state index contributed by atoms with van der Waals surface area (Å²) >= 11 is 9.30. The second kappa shape index (κ2) is 5.46. The highest BCUT2D eigenvalue weighted by Crippen LogP contribution is 2.46. The number of piperidine rings is 1. The molecule has 1 aromatic carbocycles. The van der Waals surface area contributed by atoms with Crippen molar-refractivity contribution >= 4 is 44.9 Å². The molecule has 0 aliphatic carbocycles. The first-order valence-electron chi connectivity index (χ1n) is 7.44. The van der Waals surface area contributed by atoms with Crippen molar-refractivity contribution in [2.24, 2.45) is 0 Å². The third-order valence-electron chi connectivity index (χ3n) is 4.74. The van der Waals surface area contributed by atoms with Gasteiger partial charge in [0.05, 0.1) is 5.41 Å². The van der Waals surface area contributed by atoms with Crippen LogP contribution in [0.4, 0.5) is 11.5 Å². The maximum absolute atomic E-state index is 12.6. The van der Waals surface area contributed by atoms with Crippen LogP contribution < -0.4 is 10.2 Å². The monoisotopic (exact) mass is 392 g/mol. The van der Waals surface area contributed by atoms with Crippen LogP contribution in [0.25, 0.3) is 0 Å². The number of fused-ring (bicyclic) bond motifs is 2. The van der Waals surface area contributed by atoms with Gasteiger partial charge in [0.1, 0.15) is 0 Å². The Morgan fingerprint density at radius 3 is 2.65 bits per heavy atom.